The van der Waals surface area contributed by atoms with Crippen molar-refractivity contribution in [2.24, 2.45) is 0 Å². The van der Waals surface area contributed by atoms with Gasteiger partial charge in [0.1, 0.15) is 11.8 Å². The predicted octanol–water partition coefficient (Wildman–Crippen LogP) is 1.16. The van der Waals surface area contributed by atoms with Gasteiger partial charge in [0.05, 0.1) is 6.26 Å². The van der Waals surface area contributed by atoms with Gasteiger partial charge in [-0.1, -0.05) is 12.1 Å². The van der Waals surface area contributed by atoms with E-state index < -0.39 is 27.9 Å². The van der Waals surface area contributed by atoms with E-state index in [9.17, 15) is 18.3 Å². The molecule has 1 atom stereocenters. The van der Waals surface area contributed by atoms with Crippen molar-refractivity contribution in [3.8, 4) is 0 Å². The number of hydrogen-bond acceptors (Lipinski definition) is 6. The Morgan fingerprint density at radius 2 is 1.96 bits per heavy atom. The van der Waals surface area contributed by atoms with E-state index in [2.05, 4.69) is 15.4 Å². The largest absolute Gasteiger partial charge is 0.444 e. The highest BCUT2D eigenvalue weighted by molar-refractivity contribution is 7.92. The lowest BCUT2D eigenvalue weighted by atomic mass is 10.2. The number of carbonyl (C=O) groups is 1. The van der Waals surface area contributed by atoms with E-state index in [0.717, 1.165) is 6.26 Å². The Kier molecular flexibility index (Phi) is 7.00. The second kappa shape index (κ2) is 8.32. The van der Waals surface area contributed by atoms with Gasteiger partial charge in [-0.25, -0.2) is 13.2 Å². The first-order valence-corrected chi connectivity index (χ1v) is 9.31. The predicted molar refractivity (Wildman–Crippen MR) is 92.1 cm³/mol. The molecule has 136 valence electrons. The van der Waals surface area contributed by atoms with E-state index in [1.165, 1.54) is 6.07 Å². The molecule has 0 bridgehead atoms. The van der Waals surface area contributed by atoms with Crippen LogP contribution in [-0.4, -0.2) is 44.6 Å². The van der Waals surface area contributed by atoms with Gasteiger partial charge in [-0.3, -0.25) is 10.0 Å². The molecule has 0 saturated heterocycles. The first-order valence-electron chi connectivity index (χ1n) is 7.42. The quantitative estimate of drug-likeness (QED) is 0.429. The number of benzene rings is 1. The number of nitrogens with one attached hydrogen (secondary N) is 3. The van der Waals surface area contributed by atoms with E-state index in [1.54, 1.807) is 39.0 Å². The van der Waals surface area contributed by atoms with Crippen LogP contribution in [0.2, 0.25) is 0 Å². The minimum absolute atomic E-state index is 0.271. The Bertz CT molecular complexity index is 655. The Morgan fingerprint density at radius 3 is 2.54 bits per heavy atom. The number of carbonyl (C=O) groups excluding carboxylic acids is 1. The Morgan fingerprint density at radius 1 is 1.29 bits per heavy atom. The molecule has 0 spiro atoms. The van der Waals surface area contributed by atoms with Gasteiger partial charge >= 0.3 is 6.09 Å². The van der Waals surface area contributed by atoms with E-state index in [0.29, 0.717) is 17.8 Å². The van der Waals surface area contributed by atoms with Crippen molar-refractivity contribution >= 4 is 21.8 Å². The summed E-state index contributed by atoms with van der Waals surface area (Å²) in [5, 5.41) is 15.4. The standard InChI is InChI=1S/C15H25N3O5S/c1-15(2,3)23-14(20)17-9-8-16-13(19)11-6-5-7-12(10-11)18-24(4,21)22/h5-7,10,13,16,18-19H,8-9H2,1-4H3,(H,17,20). The number of rotatable bonds is 7. The fourth-order valence-corrected chi connectivity index (χ4v) is 2.35. The highest BCUT2D eigenvalue weighted by Gasteiger charge is 2.15. The van der Waals surface area contributed by atoms with Crippen molar-refractivity contribution in [1.82, 2.24) is 10.6 Å². The van der Waals surface area contributed by atoms with Gasteiger partial charge in [-0.05, 0) is 38.5 Å². The summed E-state index contributed by atoms with van der Waals surface area (Å²) in [6, 6.07) is 6.40. The van der Waals surface area contributed by atoms with Crippen LogP contribution in [0.1, 0.15) is 32.6 Å². The van der Waals surface area contributed by atoms with Gasteiger partial charge in [0.15, 0.2) is 0 Å². The average Bonchev–Trinajstić information content (AvgIpc) is 2.40. The molecule has 9 heteroatoms. The van der Waals surface area contributed by atoms with Gasteiger partial charge in [-0.15, -0.1) is 0 Å². The molecule has 1 aromatic carbocycles. The van der Waals surface area contributed by atoms with Crippen LogP contribution in [0.4, 0.5) is 10.5 Å². The Labute approximate surface area is 142 Å². The van der Waals surface area contributed by atoms with Crippen LogP contribution in [0.25, 0.3) is 0 Å². The van der Waals surface area contributed by atoms with E-state index >= 15 is 0 Å². The minimum atomic E-state index is -3.38. The molecule has 0 aliphatic rings. The zero-order valence-corrected chi connectivity index (χ0v) is 15.1. The molecular formula is C15H25N3O5S. The maximum absolute atomic E-state index is 11.5. The number of aliphatic hydroxyl groups excluding tert-OH is 1. The fourth-order valence-electron chi connectivity index (χ4n) is 1.79. The van der Waals surface area contributed by atoms with E-state index in [4.69, 9.17) is 4.74 Å². The summed E-state index contributed by atoms with van der Waals surface area (Å²) in [6.07, 6.45) is -0.471. The summed E-state index contributed by atoms with van der Waals surface area (Å²) in [4.78, 5) is 11.5. The van der Waals surface area contributed by atoms with Crippen molar-refractivity contribution in [1.29, 1.82) is 0 Å². The zero-order valence-electron chi connectivity index (χ0n) is 14.3. The minimum Gasteiger partial charge on any atom is -0.444 e. The Hall–Kier alpha value is -1.84. The number of amides is 1. The summed E-state index contributed by atoms with van der Waals surface area (Å²) in [5.41, 5.74) is 0.299. The number of hydrogen-bond donors (Lipinski definition) is 4. The number of sulfonamides is 1. The maximum Gasteiger partial charge on any atom is 0.407 e. The van der Waals surface area contributed by atoms with Crippen molar-refractivity contribution in [2.45, 2.75) is 32.6 Å². The van der Waals surface area contributed by atoms with E-state index in [1.807, 2.05) is 0 Å². The molecule has 0 saturated carbocycles. The molecule has 24 heavy (non-hydrogen) atoms. The molecular weight excluding hydrogens is 334 g/mol. The number of ether oxygens (including phenoxy) is 1. The molecule has 0 radical (unpaired) electrons. The van der Waals surface area contributed by atoms with Crippen molar-refractivity contribution in [3.05, 3.63) is 29.8 Å². The molecule has 4 N–H and O–H groups in total. The summed E-state index contributed by atoms with van der Waals surface area (Å²) in [5.74, 6) is 0. The summed E-state index contributed by atoms with van der Waals surface area (Å²) >= 11 is 0. The van der Waals surface area contributed by atoms with Crippen LogP contribution >= 0.6 is 0 Å². The van der Waals surface area contributed by atoms with Crippen LogP contribution in [0.5, 0.6) is 0 Å². The summed E-state index contributed by atoms with van der Waals surface area (Å²) < 4.78 is 29.9. The fraction of sp³-hybridized carbons (Fsp3) is 0.533. The molecule has 0 aliphatic carbocycles. The number of anilines is 1. The van der Waals surface area contributed by atoms with E-state index in [-0.39, 0.29) is 6.54 Å². The van der Waals surface area contributed by atoms with Crippen LogP contribution in [0.15, 0.2) is 24.3 Å². The summed E-state index contributed by atoms with van der Waals surface area (Å²) in [6.45, 7) is 5.89. The second-order valence-corrected chi connectivity index (χ2v) is 8.03. The van der Waals surface area contributed by atoms with Gasteiger partial charge in [0.2, 0.25) is 10.0 Å². The van der Waals surface area contributed by atoms with Gasteiger partial charge < -0.3 is 15.2 Å². The molecule has 1 amide bonds. The van der Waals surface area contributed by atoms with Crippen LogP contribution in [-0.2, 0) is 14.8 Å². The van der Waals surface area contributed by atoms with Crippen molar-refractivity contribution in [3.63, 3.8) is 0 Å². The molecule has 1 unspecified atom stereocenters. The van der Waals surface area contributed by atoms with Crippen molar-refractivity contribution in [2.75, 3.05) is 24.1 Å². The third-order valence-corrected chi connectivity index (χ3v) is 3.24. The lowest BCUT2D eigenvalue weighted by Gasteiger charge is -2.20. The maximum atomic E-state index is 11.5. The first-order chi connectivity index (χ1) is 11.0. The highest BCUT2D eigenvalue weighted by atomic mass is 32.2. The number of alkyl carbamates (subject to hydrolysis) is 1. The average molecular weight is 359 g/mol. The lowest BCUT2D eigenvalue weighted by Crippen LogP contribution is -2.37. The van der Waals surface area contributed by atoms with Crippen LogP contribution in [0.3, 0.4) is 0 Å². The second-order valence-electron chi connectivity index (χ2n) is 6.29. The van der Waals surface area contributed by atoms with Gasteiger partial charge in [0.25, 0.3) is 0 Å². The van der Waals surface area contributed by atoms with Gasteiger partial charge in [0, 0.05) is 18.8 Å². The Balaban J connectivity index is 2.44. The highest BCUT2D eigenvalue weighted by Crippen LogP contribution is 2.16. The molecule has 1 rings (SSSR count). The third-order valence-electron chi connectivity index (χ3n) is 2.64. The topological polar surface area (TPSA) is 117 Å². The molecule has 0 aliphatic heterocycles. The lowest BCUT2D eigenvalue weighted by molar-refractivity contribution is 0.0523. The molecule has 0 heterocycles. The van der Waals surface area contributed by atoms with Crippen molar-refractivity contribution < 1.29 is 23.1 Å². The monoisotopic (exact) mass is 359 g/mol. The third kappa shape index (κ3) is 8.70. The smallest absolute Gasteiger partial charge is 0.407 e. The zero-order chi connectivity index (χ0) is 18.4. The summed E-state index contributed by atoms with van der Waals surface area (Å²) in [7, 11) is -3.38. The number of aliphatic hydroxyl groups is 1. The molecule has 0 fully saturated rings. The first kappa shape index (κ1) is 20.2. The SMILES string of the molecule is CC(C)(C)OC(=O)NCCNC(O)c1cccc(NS(C)(=O)=O)c1. The molecule has 1 aromatic rings. The molecule has 8 nitrogen and oxygen atoms in total. The normalized spacial score (nSPS) is 13.2. The van der Waals surface area contributed by atoms with Crippen LogP contribution in [0, 0.1) is 0 Å². The van der Waals surface area contributed by atoms with Crippen LogP contribution < -0.4 is 15.4 Å². The molecule has 0 aromatic heterocycles. The van der Waals surface area contributed by atoms with Gasteiger partial charge in [-0.2, -0.15) is 0 Å².